The molecule has 0 aliphatic heterocycles. The van der Waals surface area contributed by atoms with E-state index in [1.54, 1.807) is 29.2 Å². The van der Waals surface area contributed by atoms with E-state index in [9.17, 15) is 4.79 Å². The largest absolute Gasteiger partial charge is 0.399 e. The van der Waals surface area contributed by atoms with Gasteiger partial charge in [0.2, 0.25) is 0 Å². The second-order valence-corrected chi connectivity index (χ2v) is 5.02. The fourth-order valence-corrected chi connectivity index (χ4v) is 1.87. The third-order valence-corrected chi connectivity index (χ3v) is 2.95. The van der Waals surface area contributed by atoms with E-state index in [1.807, 2.05) is 7.05 Å². The van der Waals surface area contributed by atoms with Gasteiger partial charge in [-0.2, -0.15) is 0 Å². The minimum atomic E-state index is 0.0538. The van der Waals surface area contributed by atoms with Crippen LogP contribution in [-0.4, -0.2) is 23.9 Å². The van der Waals surface area contributed by atoms with Crippen molar-refractivity contribution in [2.45, 2.75) is 33.2 Å². The van der Waals surface area contributed by atoms with Gasteiger partial charge in [-0.15, -0.1) is 0 Å². The SMILES string of the molecule is CC(C)CC(C)N(C)C(=O)c1ccc(N)cc1. The summed E-state index contributed by atoms with van der Waals surface area (Å²) < 4.78 is 0. The van der Waals surface area contributed by atoms with Crippen LogP contribution in [0.4, 0.5) is 5.69 Å². The van der Waals surface area contributed by atoms with Gasteiger partial charge in [0.25, 0.3) is 5.91 Å². The zero-order valence-corrected chi connectivity index (χ0v) is 11.1. The maximum Gasteiger partial charge on any atom is 0.253 e. The Bertz CT molecular complexity index is 370. The number of nitrogen functional groups attached to an aromatic ring is 1. The molecule has 0 aromatic heterocycles. The normalized spacial score (nSPS) is 12.5. The molecule has 1 rings (SSSR count). The summed E-state index contributed by atoms with van der Waals surface area (Å²) in [6.45, 7) is 6.41. The van der Waals surface area contributed by atoms with Crippen molar-refractivity contribution in [3.8, 4) is 0 Å². The first kappa shape index (κ1) is 13.6. The molecule has 2 N–H and O–H groups in total. The van der Waals surface area contributed by atoms with Gasteiger partial charge in [0, 0.05) is 24.3 Å². The Morgan fingerprint density at radius 1 is 1.24 bits per heavy atom. The Hall–Kier alpha value is -1.51. The van der Waals surface area contributed by atoms with Crippen molar-refractivity contribution in [1.82, 2.24) is 4.90 Å². The van der Waals surface area contributed by atoms with Crippen molar-refractivity contribution in [2.24, 2.45) is 5.92 Å². The van der Waals surface area contributed by atoms with Gasteiger partial charge in [-0.25, -0.2) is 0 Å². The van der Waals surface area contributed by atoms with Crippen molar-refractivity contribution in [1.29, 1.82) is 0 Å². The van der Waals surface area contributed by atoms with E-state index in [0.29, 0.717) is 17.2 Å². The van der Waals surface area contributed by atoms with Crippen LogP contribution < -0.4 is 5.73 Å². The zero-order valence-electron chi connectivity index (χ0n) is 11.1. The topological polar surface area (TPSA) is 46.3 Å². The third kappa shape index (κ3) is 3.77. The fraction of sp³-hybridized carbons (Fsp3) is 0.500. The Morgan fingerprint density at radius 2 is 1.76 bits per heavy atom. The molecule has 1 aromatic carbocycles. The molecular formula is C14H22N2O. The average molecular weight is 234 g/mol. The van der Waals surface area contributed by atoms with E-state index >= 15 is 0 Å². The highest BCUT2D eigenvalue weighted by Crippen LogP contribution is 2.14. The molecule has 1 amide bonds. The van der Waals surface area contributed by atoms with E-state index < -0.39 is 0 Å². The summed E-state index contributed by atoms with van der Waals surface area (Å²) in [5.41, 5.74) is 6.98. The Morgan fingerprint density at radius 3 is 2.24 bits per heavy atom. The zero-order chi connectivity index (χ0) is 13.0. The van der Waals surface area contributed by atoms with E-state index in [-0.39, 0.29) is 11.9 Å². The van der Waals surface area contributed by atoms with Crippen LogP contribution in [0, 0.1) is 5.92 Å². The Kier molecular flexibility index (Phi) is 4.55. The van der Waals surface area contributed by atoms with Crippen molar-refractivity contribution in [3.05, 3.63) is 29.8 Å². The smallest absolute Gasteiger partial charge is 0.253 e. The lowest BCUT2D eigenvalue weighted by Crippen LogP contribution is -2.35. The molecule has 0 heterocycles. The quantitative estimate of drug-likeness (QED) is 0.814. The van der Waals surface area contributed by atoms with Gasteiger partial charge in [-0.1, -0.05) is 13.8 Å². The summed E-state index contributed by atoms with van der Waals surface area (Å²) in [4.78, 5) is 14.0. The highest BCUT2D eigenvalue weighted by Gasteiger charge is 2.17. The molecule has 0 spiro atoms. The fourth-order valence-electron chi connectivity index (χ4n) is 1.87. The number of hydrogen-bond acceptors (Lipinski definition) is 2. The van der Waals surface area contributed by atoms with Gasteiger partial charge in [0.1, 0.15) is 0 Å². The number of anilines is 1. The minimum absolute atomic E-state index is 0.0538. The molecule has 0 bridgehead atoms. The summed E-state index contributed by atoms with van der Waals surface area (Å²) in [6.07, 6.45) is 1.01. The molecular weight excluding hydrogens is 212 g/mol. The first-order valence-electron chi connectivity index (χ1n) is 6.04. The lowest BCUT2D eigenvalue weighted by molar-refractivity contribution is 0.0728. The first-order chi connectivity index (χ1) is 7.91. The number of carbonyl (C=O) groups is 1. The summed E-state index contributed by atoms with van der Waals surface area (Å²) in [5.74, 6) is 0.643. The van der Waals surface area contributed by atoms with Crippen LogP contribution in [0.2, 0.25) is 0 Å². The molecule has 1 unspecified atom stereocenters. The second-order valence-electron chi connectivity index (χ2n) is 5.02. The van der Waals surface area contributed by atoms with Crippen LogP contribution in [0.25, 0.3) is 0 Å². The maximum absolute atomic E-state index is 12.2. The summed E-state index contributed by atoms with van der Waals surface area (Å²) >= 11 is 0. The lowest BCUT2D eigenvalue weighted by Gasteiger charge is -2.26. The molecule has 0 saturated heterocycles. The number of rotatable bonds is 4. The minimum Gasteiger partial charge on any atom is -0.399 e. The molecule has 94 valence electrons. The van der Waals surface area contributed by atoms with E-state index in [0.717, 1.165) is 6.42 Å². The van der Waals surface area contributed by atoms with Gasteiger partial charge >= 0.3 is 0 Å². The number of carbonyl (C=O) groups excluding carboxylic acids is 1. The summed E-state index contributed by atoms with van der Waals surface area (Å²) in [7, 11) is 1.85. The third-order valence-electron chi connectivity index (χ3n) is 2.95. The standard InChI is InChI=1S/C14H22N2O/c1-10(2)9-11(3)16(4)14(17)12-5-7-13(15)8-6-12/h5-8,10-11H,9,15H2,1-4H3. The molecule has 0 saturated carbocycles. The van der Waals surface area contributed by atoms with Gasteiger partial charge in [-0.05, 0) is 43.5 Å². The summed E-state index contributed by atoms with van der Waals surface area (Å²) in [6, 6.07) is 7.31. The van der Waals surface area contributed by atoms with Crippen LogP contribution >= 0.6 is 0 Å². The van der Waals surface area contributed by atoms with Gasteiger partial charge in [0.15, 0.2) is 0 Å². The van der Waals surface area contributed by atoms with Gasteiger partial charge in [0.05, 0.1) is 0 Å². The van der Waals surface area contributed by atoms with Crippen LogP contribution in [0.1, 0.15) is 37.6 Å². The number of nitrogens with zero attached hydrogens (tertiary/aromatic N) is 1. The van der Waals surface area contributed by atoms with Gasteiger partial charge in [-0.3, -0.25) is 4.79 Å². The van der Waals surface area contributed by atoms with Crippen molar-refractivity contribution in [3.63, 3.8) is 0 Å². The average Bonchev–Trinajstić information content (AvgIpc) is 2.27. The first-order valence-corrected chi connectivity index (χ1v) is 6.04. The van der Waals surface area contributed by atoms with E-state index in [1.165, 1.54) is 0 Å². The van der Waals surface area contributed by atoms with Gasteiger partial charge < -0.3 is 10.6 Å². The second kappa shape index (κ2) is 5.71. The number of nitrogens with two attached hydrogens (primary N) is 1. The Balaban J connectivity index is 2.72. The molecule has 0 radical (unpaired) electrons. The van der Waals surface area contributed by atoms with Crippen LogP contribution in [0.3, 0.4) is 0 Å². The van der Waals surface area contributed by atoms with Crippen molar-refractivity contribution >= 4 is 11.6 Å². The highest BCUT2D eigenvalue weighted by atomic mass is 16.2. The molecule has 17 heavy (non-hydrogen) atoms. The molecule has 0 aliphatic carbocycles. The summed E-state index contributed by atoms with van der Waals surface area (Å²) in [5, 5.41) is 0. The molecule has 3 nitrogen and oxygen atoms in total. The van der Waals surface area contributed by atoms with Crippen LogP contribution in [0.5, 0.6) is 0 Å². The molecule has 1 aromatic rings. The van der Waals surface area contributed by atoms with Crippen molar-refractivity contribution < 1.29 is 4.79 Å². The maximum atomic E-state index is 12.2. The number of hydrogen-bond donors (Lipinski definition) is 1. The molecule has 0 aliphatic rings. The predicted octanol–water partition coefficient (Wildman–Crippen LogP) is 2.78. The number of benzene rings is 1. The van der Waals surface area contributed by atoms with E-state index in [4.69, 9.17) is 5.73 Å². The predicted molar refractivity (Wildman–Crippen MR) is 71.9 cm³/mol. The monoisotopic (exact) mass is 234 g/mol. The number of amides is 1. The van der Waals surface area contributed by atoms with Crippen LogP contribution in [-0.2, 0) is 0 Å². The molecule has 0 fully saturated rings. The highest BCUT2D eigenvalue weighted by molar-refractivity contribution is 5.94. The van der Waals surface area contributed by atoms with Crippen LogP contribution in [0.15, 0.2) is 24.3 Å². The lowest BCUT2D eigenvalue weighted by atomic mass is 10.0. The Labute approximate surface area is 104 Å². The molecule has 1 atom stereocenters. The molecule has 3 heteroatoms. The van der Waals surface area contributed by atoms with E-state index in [2.05, 4.69) is 20.8 Å². The van der Waals surface area contributed by atoms with Crippen molar-refractivity contribution in [2.75, 3.05) is 12.8 Å².